The van der Waals surface area contributed by atoms with E-state index >= 15 is 0 Å². The van der Waals surface area contributed by atoms with Gasteiger partial charge < -0.3 is 10.4 Å². The number of para-hydroxylation sites is 1. The second-order valence-electron chi connectivity index (χ2n) is 7.72. The Morgan fingerprint density at radius 1 is 1.27 bits per heavy atom. The van der Waals surface area contributed by atoms with Crippen molar-refractivity contribution in [2.24, 2.45) is 11.8 Å². The quantitative estimate of drug-likeness (QED) is 0.815. The third kappa shape index (κ3) is 3.40. The monoisotopic (exact) mass is 376 g/mol. The van der Waals surface area contributed by atoms with E-state index in [-0.39, 0.29) is 10.9 Å². The second kappa shape index (κ2) is 7.08. The number of fused-ring (bicyclic) bond motifs is 1. The van der Waals surface area contributed by atoms with Gasteiger partial charge in [0, 0.05) is 18.7 Å². The van der Waals surface area contributed by atoms with Crippen LogP contribution in [0.4, 0.5) is 5.69 Å². The lowest BCUT2D eigenvalue weighted by Crippen LogP contribution is -2.39. The van der Waals surface area contributed by atoms with E-state index in [1.54, 1.807) is 24.3 Å². The topological polar surface area (TPSA) is 69.6 Å². The highest BCUT2D eigenvalue weighted by Crippen LogP contribution is 2.37. The van der Waals surface area contributed by atoms with E-state index in [4.69, 9.17) is 0 Å². The molecule has 0 aliphatic carbocycles. The Morgan fingerprint density at radius 2 is 1.96 bits per heavy atom. The predicted molar refractivity (Wildman–Crippen MR) is 105 cm³/mol. The number of hydrogen-bond acceptors (Lipinski definition) is 5. The van der Waals surface area contributed by atoms with Crippen LogP contribution in [0.3, 0.4) is 0 Å². The first-order valence-corrected chi connectivity index (χ1v) is 10.8. The molecule has 3 rings (SSSR count). The molecule has 0 radical (unpaired) electrons. The van der Waals surface area contributed by atoms with Gasteiger partial charge in [-0.25, -0.2) is 8.42 Å². The molecule has 142 valence electrons. The highest BCUT2D eigenvalue weighted by molar-refractivity contribution is 7.94. The van der Waals surface area contributed by atoms with Gasteiger partial charge in [-0.1, -0.05) is 46.2 Å². The third-order valence-corrected chi connectivity index (χ3v) is 6.70. The van der Waals surface area contributed by atoms with E-state index in [1.165, 1.54) is 5.41 Å². The molecular weight excluding hydrogens is 348 g/mol. The van der Waals surface area contributed by atoms with Gasteiger partial charge in [-0.2, -0.15) is 0 Å². The maximum Gasteiger partial charge on any atom is 0.203 e. The molecule has 2 atom stereocenters. The van der Waals surface area contributed by atoms with Crippen molar-refractivity contribution < 1.29 is 13.5 Å². The summed E-state index contributed by atoms with van der Waals surface area (Å²) in [5.74, 6) is 1.05. The molecule has 2 heterocycles. The summed E-state index contributed by atoms with van der Waals surface area (Å²) in [5, 5.41) is 15.4. The van der Waals surface area contributed by atoms with Crippen molar-refractivity contribution in [2.45, 2.75) is 45.1 Å². The lowest BCUT2D eigenvalue weighted by Gasteiger charge is -2.30. The van der Waals surface area contributed by atoms with Gasteiger partial charge >= 0.3 is 0 Å². The molecule has 0 spiro atoms. The lowest BCUT2D eigenvalue weighted by molar-refractivity contribution is 0.154. The number of anilines is 1. The van der Waals surface area contributed by atoms with Crippen LogP contribution in [0.15, 0.2) is 51.6 Å². The van der Waals surface area contributed by atoms with Crippen molar-refractivity contribution >= 4 is 15.5 Å². The Morgan fingerprint density at radius 3 is 2.62 bits per heavy atom. The van der Waals surface area contributed by atoms with Gasteiger partial charge in [0.1, 0.15) is 5.76 Å². The summed E-state index contributed by atoms with van der Waals surface area (Å²) >= 11 is 0. The molecule has 0 fully saturated rings. The van der Waals surface area contributed by atoms with E-state index in [9.17, 15) is 13.5 Å². The Labute approximate surface area is 156 Å². The number of aliphatic hydroxyl groups excluding tert-OH is 1. The molecule has 0 saturated carbocycles. The van der Waals surface area contributed by atoms with Crippen molar-refractivity contribution in [1.82, 2.24) is 4.90 Å². The predicted octanol–water partition coefficient (Wildman–Crippen LogP) is 3.93. The van der Waals surface area contributed by atoms with Crippen LogP contribution in [0.5, 0.6) is 0 Å². The van der Waals surface area contributed by atoms with E-state index in [2.05, 4.69) is 37.9 Å². The molecule has 26 heavy (non-hydrogen) atoms. The number of nitrogens with zero attached hydrogens (tertiary/aromatic N) is 1. The fraction of sp³-hybridized carbons (Fsp3) is 0.500. The van der Waals surface area contributed by atoms with Crippen molar-refractivity contribution in [3.8, 4) is 0 Å². The van der Waals surface area contributed by atoms with Crippen LogP contribution in [0, 0.1) is 11.8 Å². The van der Waals surface area contributed by atoms with Crippen LogP contribution in [-0.2, 0) is 9.84 Å². The first kappa shape index (κ1) is 19.0. The van der Waals surface area contributed by atoms with Gasteiger partial charge in [-0.3, -0.25) is 4.90 Å². The summed E-state index contributed by atoms with van der Waals surface area (Å²) in [6.45, 7) is 9.96. The summed E-state index contributed by atoms with van der Waals surface area (Å²) in [7, 11) is -3.52. The molecule has 2 aliphatic rings. The summed E-state index contributed by atoms with van der Waals surface area (Å²) in [6, 6.07) is 6.80. The smallest absolute Gasteiger partial charge is 0.203 e. The Bertz CT molecular complexity index is 856. The molecule has 6 heteroatoms. The first-order chi connectivity index (χ1) is 12.2. The average Bonchev–Trinajstić information content (AvgIpc) is 2.89. The van der Waals surface area contributed by atoms with Gasteiger partial charge in [0.15, 0.2) is 0 Å². The molecular formula is C20H28N2O3S. The van der Waals surface area contributed by atoms with Crippen LogP contribution in [-0.4, -0.2) is 37.6 Å². The summed E-state index contributed by atoms with van der Waals surface area (Å²) < 4.78 is 25.3. The van der Waals surface area contributed by atoms with E-state index in [1.807, 2.05) is 0 Å². The molecule has 0 aromatic heterocycles. The normalized spacial score (nSPS) is 23.6. The van der Waals surface area contributed by atoms with E-state index in [0.717, 1.165) is 13.0 Å². The molecule has 1 aromatic rings. The molecule has 5 nitrogen and oxygen atoms in total. The second-order valence-corrected chi connectivity index (χ2v) is 9.48. The number of nitrogens with one attached hydrogen (secondary N) is 1. The van der Waals surface area contributed by atoms with Crippen LogP contribution >= 0.6 is 0 Å². The summed E-state index contributed by atoms with van der Waals surface area (Å²) in [5.41, 5.74) is 1.74. The van der Waals surface area contributed by atoms with Gasteiger partial charge in [0.05, 0.1) is 27.7 Å². The van der Waals surface area contributed by atoms with Gasteiger partial charge in [0.25, 0.3) is 0 Å². The minimum Gasteiger partial charge on any atom is -0.510 e. The number of aliphatic hydroxyl groups is 1. The fourth-order valence-electron chi connectivity index (χ4n) is 3.81. The average molecular weight is 377 g/mol. The number of sulfone groups is 1. The minimum absolute atomic E-state index is 0.0695. The standard InChI is InChI=1S/C20H28N2O3S/c1-5-14(4)19-20(23)15(11-22(19)10-13(2)3)17-12-26(24,25)18-9-7-6-8-16(18)21-17/h6-9,12-14,19,21,23H,5,10-11H2,1-4H3/t14-,19-/m0/s1. The Hall–Kier alpha value is -1.79. The molecule has 1 aromatic carbocycles. The van der Waals surface area contributed by atoms with E-state index in [0.29, 0.717) is 41.1 Å². The van der Waals surface area contributed by atoms with Gasteiger partial charge in [-0.05, 0) is 24.0 Å². The maximum absolute atomic E-state index is 12.6. The number of benzene rings is 1. The van der Waals surface area contributed by atoms with Gasteiger partial charge in [0.2, 0.25) is 9.84 Å². The number of rotatable bonds is 5. The summed E-state index contributed by atoms with van der Waals surface area (Å²) in [6.07, 6.45) is 0.949. The zero-order valence-electron chi connectivity index (χ0n) is 15.9. The Balaban J connectivity index is 2.01. The highest BCUT2D eigenvalue weighted by Gasteiger charge is 2.38. The SMILES string of the molecule is CC[C@H](C)[C@H]1C(O)=C(C2=CS(=O)(=O)c3ccccc3N2)CN1CC(C)C. The van der Waals surface area contributed by atoms with Crippen LogP contribution in [0.25, 0.3) is 0 Å². The third-order valence-electron chi connectivity index (χ3n) is 5.19. The maximum atomic E-state index is 12.6. The van der Waals surface area contributed by atoms with Crippen molar-refractivity contribution in [3.63, 3.8) is 0 Å². The van der Waals surface area contributed by atoms with Crippen LogP contribution in [0.1, 0.15) is 34.1 Å². The van der Waals surface area contributed by atoms with Crippen molar-refractivity contribution in [2.75, 3.05) is 18.4 Å². The molecule has 0 unspecified atom stereocenters. The molecule has 0 amide bonds. The minimum atomic E-state index is -3.52. The molecule has 2 N–H and O–H groups in total. The van der Waals surface area contributed by atoms with Crippen molar-refractivity contribution in [3.05, 3.63) is 46.7 Å². The number of hydrogen-bond donors (Lipinski definition) is 2. The van der Waals surface area contributed by atoms with Gasteiger partial charge in [-0.15, -0.1) is 0 Å². The highest BCUT2D eigenvalue weighted by atomic mass is 32.2. The molecule has 0 saturated heterocycles. The molecule has 2 aliphatic heterocycles. The lowest BCUT2D eigenvalue weighted by atomic mass is 9.96. The largest absolute Gasteiger partial charge is 0.510 e. The zero-order valence-corrected chi connectivity index (χ0v) is 16.7. The fourth-order valence-corrected chi connectivity index (χ4v) is 5.15. The summed E-state index contributed by atoms with van der Waals surface area (Å²) in [4.78, 5) is 2.54. The van der Waals surface area contributed by atoms with Crippen molar-refractivity contribution in [1.29, 1.82) is 0 Å². The molecule has 0 bridgehead atoms. The first-order valence-electron chi connectivity index (χ1n) is 9.23. The zero-order chi connectivity index (χ0) is 19.1. The van der Waals surface area contributed by atoms with Crippen LogP contribution < -0.4 is 5.32 Å². The Kier molecular flexibility index (Phi) is 5.17. The van der Waals surface area contributed by atoms with E-state index < -0.39 is 9.84 Å². The van der Waals surface area contributed by atoms with Crippen LogP contribution in [0.2, 0.25) is 0 Å².